The van der Waals surface area contributed by atoms with Gasteiger partial charge < -0.3 is 0 Å². The second kappa shape index (κ2) is 9.41. The summed E-state index contributed by atoms with van der Waals surface area (Å²) in [6.07, 6.45) is -1.72. The highest BCUT2D eigenvalue weighted by molar-refractivity contribution is 5.98. The predicted molar refractivity (Wildman–Crippen MR) is 174 cm³/mol. The molecule has 5 aromatic rings. The molecule has 4 aromatic carbocycles. The number of hydrogen-bond acceptors (Lipinski definition) is 0. The highest BCUT2D eigenvalue weighted by Crippen LogP contribution is 2.72. The van der Waals surface area contributed by atoms with E-state index >= 15 is 0 Å². The third-order valence-corrected chi connectivity index (χ3v) is 10.4. The van der Waals surface area contributed by atoms with Crippen molar-refractivity contribution in [1.29, 1.82) is 0 Å². The third kappa shape index (κ3) is 3.69. The molecule has 0 bridgehead atoms. The number of benzene rings is 4. The van der Waals surface area contributed by atoms with Crippen molar-refractivity contribution in [3.05, 3.63) is 126 Å². The summed E-state index contributed by atoms with van der Waals surface area (Å²) in [7, 11) is 0. The minimum atomic E-state index is -4.53. The number of aromatic nitrogens is 1. The molecule has 2 heterocycles. The maximum atomic E-state index is 15.0. The molecule has 1 aliphatic heterocycles. The fraction of sp³-hybridized carbons (Fsp3) is 0.275. The van der Waals surface area contributed by atoms with Crippen molar-refractivity contribution >= 4 is 10.8 Å². The smallest absolute Gasteiger partial charge is 0.187 e. The predicted octanol–water partition coefficient (Wildman–Crippen LogP) is 10.8. The lowest BCUT2D eigenvalue weighted by Crippen LogP contribution is -2.55. The van der Waals surface area contributed by atoms with E-state index in [0.29, 0.717) is 12.0 Å². The summed E-state index contributed by atoms with van der Waals surface area (Å²) in [5.74, 6) is 0. The van der Waals surface area contributed by atoms with Crippen molar-refractivity contribution in [3.63, 3.8) is 0 Å². The van der Waals surface area contributed by atoms with Gasteiger partial charge in [0.1, 0.15) is 5.56 Å². The van der Waals surface area contributed by atoms with Crippen molar-refractivity contribution in [3.8, 4) is 33.5 Å². The molecule has 0 radical (unpaired) electrons. The van der Waals surface area contributed by atoms with Crippen molar-refractivity contribution < 1.29 is 17.7 Å². The number of nitrogens with zero attached hydrogens (tertiary/aromatic N) is 1. The second-order valence-corrected chi connectivity index (χ2v) is 13.4. The zero-order valence-electron chi connectivity index (χ0n) is 25.9. The van der Waals surface area contributed by atoms with Gasteiger partial charge in [-0.15, -0.1) is 0 Å². The second-order valence-electron chi connectivity index (χ2n) is 13.4. The lowest BCUT2D eigenvalue weighted by Gasteiger charge is -2.32. The molecule has 0 saturated heterocycles. The number of halogens is 3. The van der Waals surface area contributed by atoms with E-state index < -0.39 is 22.7 Å². The van der Waals surface area contributed by atoms with E-state index in [2.05, 4.69) is 71.5 Å². The molecule has 1 fully saturated rings. The number of alkyl halides is 3. The molecule has 2 unspecified atom stereocenters. The number of rotatable bonds is 4. The average molecular weight is 589 g/mol. The summed E-state index contributed by atoms with van der Waals surface area (Å²) in [4.78, 5) is 0. The maximum absolute atomic E-state index is 15.0. The molecule has 1 aromatic heterocycles. The summed E-state index contributed by atoms with van der Waals surface area (Å²) < 4.78 is 46.9. The molecule has 44 heavy (non-hydrogen) atoms. The molecule has 7 rings (SSSR count). The summed E-state index contributed by atoms with van der Waals surface area (Å²) in [6, 6.07) is 29.9. The van der Waals surface area contributed by atoms with E-state index in [1.54, 1.807) is 6.07 Å². The topological polar surface area (TPSA) is 3.88 Å². The lowest BCUT2D eigenvalue weighted by atomic mass is 9.73. The van der Waals surface area contributed by atoms with Crippen LogP contribution < -0.4 is 4.57 Å². The van der Waals surface area contributed by atoms with Crippen molar-refractivity contribution in [1.82, 2.24) is 0 Å². The highest BCUT2D eigenvalue weighted by Gasteiger charge is 2.81. The normalized spacial score (nSPS) is 20.7. The van der Waals surface area contributed by atoms with Crippen LogP contribution in [-0.4, -0.2) is 0 Å². The number of fused-ring (bicyclic) bond motifs is 8. The Morgan fingerprint density at radius 2 is 1.27 bits per heavy atom. The third-order valence-electron chi connectivity index (χ3n) is 10.4. The zero-order chi connectivity index (χ0) is 31.2. The van der Waals surface area contributed by atoms with Crippen LogP contribution in [0.3, 0.4) is 0 Å². The fourth-order valence-corrected chi connectivity index (χ4v) is 8.32. The highest BCUT2D eigenvalue weighted by atomic mass is 19.4. The molecule has 2 aliphatic rings. The average Bonchev–Trinajstić information content (AvgIpc) is 3.58. The lowest BCUT2D eigenvalue weighted by molar-refractivity contribution is -0.732. The summed E-state index contributed by atoms with van der Waals surface area (Å²) in [6.45, 7) is 15.4. The first-order valence-electron chi connectivity index (χ1n) is 15.5. The van der Waals surface area contributed by atoms with Crippen LogP contribution in [-0.2, 0) is 22.5 Å². The van der Waals surface area contributed by atoms with Crippen LogP contribution in [0.15, 0.2) is 109 Å². The van der Waals surface area contributed by atoms with E-state index in [0.717, 1.165) is 34.4 Å². The first kappa shape index (κ1) is 28.6. The van der Waals surface area contributed by atoms with E-state index in [1.807, 2.05) is 59.2 Å². The minimum absolute atomic E-state index is 0.166. The van der Waals surface area contributed by atoms with Gasteiger partial charge in [-0.05, 0) is 56.5 Å². The fourth-order valence-electron chi connectivity index (χ4n) is 8.32. The van der Waals surface area contributed by atoms with Gasteiger partial charge in [-0.3, -0.25) is 0 Å². The Kier molecular flexibility index (Phi) is 6.11. The van der Waals surface area contributed by atoms with Crippen molar-refractivity contribution in [2.24, 2.45) is 0 Å². The van der Waals surface area contributed by atoms with Crippen LogP contribution in [0.5, 0.6) is 0 Å². The van der Waals surface area contributed by atoms with E-state index in [1.165, 1.54) is 28.1 Å². The standard InChI is InChI=1S/C40H37F3N/c1-7-38-25(3)39(38,8-2)44-24-34(40(41,42)43)31(28-20-18-27(19-21-28)26-14-10-9-11-15-26)23-35(44)32-22-33(37(4,5)6)29-16-12-13-17-30(29)36(32)38/h9-24H,3,7-8H2,1-2,4-6H3/q+1. The molecule has 222 valence electrons. The molecular weight excluding hydrogens is 551 g/mol. The van der Waals surface area contributed by atoms with E-state index in [4.69, 9.17) is 0 Å². The van der Waals surface area contributed by atoms with Crippen molar-refractivity contribution in [2.75, 3.05) is 0 Å². The molecule has 4 heteroatoms. The van der Waals surface area contributed by atoms with Crippen LogP contribution in [0.25, 0.3) is 44.3 Å². The summed E-state index contributed by atoms with van der Waals surface area (Å²) in [5.41, 5.74) is 6.12. The molecule has 2 atom stereocenters. The minimum Gasteiger partial charge on any atom is -0.187 e. The SMILES string of the molecule is C=C1C2(CC)c3c(cc(C(C)(C)C)c4ccccc34)-c3cc(-c4ccc(-c5ccccc5)cc4)c(C(F)(F)F)c[n+]3C12CC. The molecular formula is C40H37F3N+. The molecule has 1 aliphatic carbocycles. The number of allylic oxidation sites excluding steroid dienone is 1. The van der Waals surface area contributed by atoms with Gasteiger partial charge >= 0.3 is 6.18 Å². The molecule has 0 spiro atoms. The van der Waals surface area contributed by atoms with Crippen LogP contribution >= 0.6 is 0 Å². The van der Waals surface area contributed by atoms with Gasteiger partial charge in [0.25, 0.3) is 0 Å². The molecule has 1 nitrogen and oxygen atoms in total. The first-order chi connectivity index (χ1) is 20.9. The first-order valence-corrected chi connectivity index (χ1v) is 15.5. The van der Waals surface area contributed by atoms with Crippen molar-refractivity contribution in [2.45, 2.75) is 70.0 Å². The Hall–Kier alpha value is -4.18. The maximum Gasteiger partial charge on any atom is 0.422 e. The quantitative estimate of drug-likeness (QED) is 0.145. The molecule has 1 saturated carbocycles. The van der Waals surface area contributed by atoms with Gasteiger partial charge in [0, 0.05) is 23.6 Å². The Balaban J connectivity index is 1.57. The van der Waals surface area contributed by atoms with Gasteiger partial charge in [-0.2, -0.15) is 17.7 Å². The number of pyridine rings is 1. The van der Waals surface area contributed by atoms with Gasteiger partial charge in [-0.25, -0.2) is 0 Å². The zero-order valence-corrected chi connectivity index (χ0v) is 25.9. The van der Waals surface area contributed by atoms with E-state index in [-0.39, 0.29) is 11.0 Å². The largest absolute Gasteiger partial charge is 0.422 e. The Bertz CT molecular complexity index is 1960. The van der Waals surface area contributed by atoms with E-state index in [9.17, 15) is 13.2 Å². The Morgan fingerprint density at radius 1 is 0.682 bits per heavy atom. The Labute approximate surface area is 257 Å². The molecule has 0 N–H and O–H groups in total. The van der Waals surface area contributed by atoms with Crippen LogP contribution in [0, 0.1) is 0 Å². The van der Waals surface area contributed by atoms with Gasteiger partial charge in [0.05, 0.1) is 11.0 Å². The van der Waals surface area contributed by atoms with Crippen LogP contribution in [0.1, 0.15) is 64.2 Å². The Morgan fingerprint density at radius 3 is 1.86 bits per heavy atom. The summed E-state index contributed by atoms with van der Waals surface area (Å²) >= 11 is 0. The molecule has 0 amide bonds. The van der Waals surface area contributed by atoms with Crippen LogP contribution in [0.2, 0.25) is 0 Å². The summed E-state index contributed by atoms with van der Waals surface area (Å²) in [5, 5.41) is 2.38. The van der Waals surface area contributed by atoms with Gasteiger partial charge in [0.15, 0.2) is 6.20 Å². The number of hydrogen-bond donors (Lipinski definition) is 0. The van der Waals surface area contributed by atoms with Crippen LogP contribution in [0.4, 0.5) is 13.2 Å². The van der Waals surface area contributed by atoms with Gasteiger partial charge in [-0.1, -0.05) is 120 Å². The van der Waals surface area contributed by atoms with Gasteiger partial charge in [0.2, 0.25) is 11.2 Å². The monoisotopic (exact) mass is 588 g/mol.